The average molecular weight is 652 g/mol. The Labute approximate surface area is 248 Å². The van der Waals surface area contributed by atoms with Crippen molar-refractivity contribution in [2.24, 2.45) is 0 Å². The molecule has 0 N–H and O–H groups in total. The molecule has 4 saturated carbocycles. The molecular formula is C26H44B2F6O6S2. The molecule has 0 unspecified atom stereocenters. The van der Waals surface area contributed by atoms with Gasteiger partial charge in [0.15, 0.2) is 10.1 Å². The van der Waals surface area contributed by atoms with Crippen molar-refractivity contribution in [3.05, 3.63) is 0 Å². The van der Waals surface area contributed by atoms with Gasteiger partial charge in [0.25, 0.3) is 0 Å². The zero-order valence-electron chi connectivity index (χ0n) is 24.1. The molecule has 42 heavy (non-hydrogen) atoms. The number of rotatable bonds is 6. The molecule has 0 atom stereocenters. The van der Waals surface area contributed by atoms with Gasteiger partial charge in [-0.1, -0.05) is 64.2 Å². The van der Waals surface area contributed by atoms with Crippen molar-refractivity contribution in [2.45, 2.75) is 163 Å². The van der Waals surface area contributed by atoms with E-state index in [1.165, 1.54) is 64.2 Å². The van der Waals surface area contributed by atoms with E-state index in [1.54, 1.807) is 0 Å². The number of hydrogen-bond donors (Lipinski definition) is 0. The Bertz CT molecular complexity index is 936. The van der Waals surface area contributed by atoms with E-state index in [0.717, 1.165) is 75.8 Å². The van der Waals surface area contributed by atoms with Gasteiger partial charge < -0.3 is 8.65 Å². The Kier molecular flexibility index (Phi) is 15.5. The number of hydrogen-bond acceptors (Lipinski definition) is 6. The van der Waals surface area contributed by atoms with Crippen molar-refractivity contribution in [2.75, 3.05) is 0 Å². The Hall–Kier alpha value is -0.470. The molecule has 6 nitrogen and oxygen atoms in total. The maximum absolute atomic E-state index is 12.6. The topological polar surface area (TPSA) is 101 Å². The van der Waals surface area contributed by atoms with Gasteiger partial charge in [-0.3, -0.25) is 0 Å². The van der Waals surface area contributed by atoms with Crippen LogP contribution in [0.5, 0.6) is 0 Å². The number of halogens is 6. The molecule has 4 fully saturated rings. The Morgan fingerprint density at radius 2 is 0.833 bits per heavy atom. The van der Waals surface area contributed by atoms with Gasteiger partial charge in [0.1, 0.15) is 0 Å². The first-order chi connectivity index (χ1) is 19.5. The second-order valence-electron chi connectivity index (χ2n) is 12.1. The third-order valence-electron chi connectivity index (χ3n) is 8.88. The van der Waals surface area contributed by atoms with Crippen molar-refractivity contribution in [1.82, 2.24) is 0 Å². The van der Waals surface area contributed by atoms with Gasteiger partial charge in [0, 0.05) is 0 Å². The van der Waals surface area contributed by atoms with Crippen LogP contribution in [-0.4, -0.2) is 46.6 Å². The number of alkyl halides is 6. The molecule has 0 spiro atoms. The van der Waals surface area contributed by atoms with E-state index in [2.05, 4.69) is 7.28 Å². The van der Waals surface area contributed by atoms with Crippen molar-refractivity contribution < 1.29 is 51.8 Å². The van der Waals surface area contributed by atoms with E-state index in [0.29, 0.717) is 0 Å². The van der Waals surface area contributed by atoms with E-state index in [-0.39, 0.29) is 11.6 Å². The van der Waals surface area contributed by atoms with Gasteiger partial charge in [-0.05, 0) is 11.6 Å². The summed E-state index contributed by atoms with van der Waals surface area (Å²) in [4.78, 5) is 0. The van der Waals surface area contributed by atoms with Crippen molar-refractivity contribution >= 4 is 34.4 Å². The monoisotopic (exact) mass is 652 g/mol. The first-order valence-corrected chi connectivity index (χ1v) is 18.2. The molecule has 16 heteroatoms. The summed E-state index contributed by atoms with van der Waals surface area (Å²) in [5.74, 6) is 1.88. The van der Waals surface area contributed by atoms with Crippen LogP contribution < -0.4 is 0 Å². The third-order valence-corrected chi connectivity index (χ3v) is 10.5. The first-order valence-electron chi connectivity index (χ1n) is 15.4. The van der Waals surface area contributed by atoms with Crippen LogP contribution in [0.2, 0.25) is 23.3 Å². The van der Waals surface area contributed by atoms with Crippen molar-refractivity contribution in [3.8, 4) is 0 Å². The Balaban J connectivity index is 0.000000249. The summed E-state index contributed by atoms with van der Waals surface area (Å²) >= 11 is 0. The van der Waals surface area contributed by atoms with Gasteiger partial charge in [0.2, 0.25) is 0 Å². The SMILES string of the molecule is O=S(=O)(OB(C1CCCCC1)C1CCCCC1)C(F)(F)F.O=S(=O)([O-])C(F)(F)F.[B+](C1CCCCC1)C1CCCCC1. The summed E-state index contributed by atoms with van der Waals surface area (Å²) in [5.41, 5.74) is -11.0. The molecule has 4 rings (SSSR count). The minimum atomic E-state index is -6.09. The fraction of sp³-hybridized carbons (Fsp3) is 1.00. The molecule has 0 radical (unpaired) electrons. The maximum atomic E-state index is 12.6. The van der Waals surface area contributed by atoms with Crippen LogP contribution in [0.1, 0.15) is 128 Å². The van der Waals surface area contributed by atoms with Crippen LogP contribution in [-0.2, 0) is 24.3 Å². The summed E-state index contributed by atoms with van der Waals surface area (Å²) in [6, 6.07) is 0. The predicted molar refractivity (Wildman–Crippen MR) is 151 cm³/mol. The van der Waals surface area contributed by atoms with E-state index in [1.807, 2.05) is 0 Å². The predicted octanol–water partition coefficient (Wildman–Crippen LogP) is 8.76. The molecule has 0 aromatic rings. The third kappa shape index (κ3) is 13.3. The van der Waals surface area contributed by atoms with E-state index in [9.17, 15) is 34.8 Å². The Morgan fingerprint density at radius 1 is 0.548 bits per heavy atom. The zero-order chi connectivity index (χ0) is 31.4. The van der Waals surface area contributed by atoms with Crippen LogP contribution in [0.3, 0.4) is 0 Å². The van der Waals surface area contributed by atoms with Crippen LogP contribution in [0.25, 0.3) is 0 Å². The fourth-order valence-electron chi connectivity index (χ4n) is 6.71. The molecule has 244 valence electrons. The molecule has 0 aliphatic heterocycles. The summed E-state index contributed by atoms with van der Waals surface area (Å²) in [6.45, 7) is -0.794. The van der Waals surface area contributed by atoms with E-state index in [4.69, 9.17) is 17.1 Å². The quantitative estimate of drug-likeness (QED) is 0.123. The molecular weight excluding hydrogens is 608 g/mol. The van der Waals surface area contributed by atoms with Gasteiger partial charge in [-0.2, -0.15) is 34.8 Å². The van der Waals surface area contributed by atoms with Crippen LogP contribution in [0, 0.1) is 0 Å². The molecule has 0 heterocycles. The molecule has 4 aliphatic carbocycles. The van der Waals surface area contributed by atoms with Crippen LogP contribution >= 0.6 is 0 Å². The first kappa shape index (κ1) is 37.7. The standard InChI is InChI=1S/C13H22BF3O3S.C12H22B.CHF3O3S/c15-13(16,17)21(18,19)20-14(11-7-3-1-4-8-11)12-9-5-2-6-10-12;1-3-7-11(8-4-1)13-12-9-5-2-6-10-12;2-1(3,4)8(5,6)7/h11-12H,1-10H2;11-12H,1-10H2;(H,5,6,7)/q;+1;/p-1. The van der Waals surface area contributed by atoms with Crippen molar-refractivity contribution in [3.63, 3.8) is 0 Å². The molecule has 4 aliphatic rings. The summed E-state index contributed by atoms with van der Waals surface area (Å²) in [7, 11) is -8.87. The van der Waals surface area contributed by atoms with E-state index < -0.39 is 38.2 Å². The normalized spacial score (nSPS) is 22.6. The van der Waals surface area contributed by atoms with Gasteiger partial charge in [0.05, 0.1) is 0 Å². The van der Waals surface area contributed by atoms with Gasteiger partial charge in [-0.25, -0.2) is 8.42 Å². The molecule has 0 aromatic carbocycles. The van der Waals surface area contributed by atoms with Crippen LogP contribution in [0.15, 0.2) is 0 Å². The minimum absolute atomic E-state index is 0.0565. The average Bonchev–Trinajstić information content (AvgIpc) is 2.93. The molecule has 0 aromatic heterocycles. The van der Waals surface area contributed by atoms with Gasteiger partial charge in [-0.15, -0.1) is 0 Å². The second-order valence-corrected chi connectivity index (χ2v) is 15.1. The van der Waals surface area contributed by atoms with Crippen LogP contribution in [0.4, 0.5) is 26.3 Å². The fourth-order valence-corrected chi connectivity index (χ4v) is 7.42. The zero-order valence-corrected chi connectivity index (χ0v) is 25.8. The molecule has 0 bridgehead atoms. The van der Waals surface area contributed by atoms with Crippen molar-refractivity contribution in [1.29, 1.82) is 0 Å². The summed E-state index contributed by atoms with van der Waals surface area (Å²) in [5, 5.41) is 0. The molecule has 0 amide bonds. The summed E-state index contributed by atoms with van der Waals surface area (Å²) < 4.78 is 124. The Morgan fingerprint density at radius 3 is 1.10 bits per heavy atom. The summed E-state index contributed by atoms with van der Waals surface area (Å²) in [6.07, 6.45) is 24.0. The van der Waals surface area contributed by atoms with Gasteiger partial charge >= 0.3 is 111 Å². The molecule has 0 saturated heterocycles. The second kappa shape index (κ2) is 17.3. The van der Waals surface area contributed by atoms with E-state index >= 15 is 0 Å².